The van der Waals surface area contributed by atoms with Crippen molar-refractivity contribution in [3.63, 3.8) is 0 Å². The predicted octanol–water partition coefficient (Wildman–Crippen LogP) is 1.42. The number of amides is 1. The molecule has 1 amide bonds. The summed E-state index contributed by atoms with van der Waals surface area (Å²) >= 11 is 4.87. The first kappa shape index (κ1) is 27.6. The Morgan fingerprint density at radius 1 is 1.00 bits per heavy atom. The fraction of sp³-hybridized carbons (Fsp3) is 0.450. The van der Waals surface area contributed by atoms with Gasteiger partial charge in [-0.15, -0.1) is 0 Å². The molecule has 0 saturated carbocycles. The number of nitrogens with one attached hydrogen (secondary N) is 2. The molecule has 1 aromatic carbocycles. The van der Waals surface area contributed by atoms with Crippen LogP contribution in [0.15, 0.2) is 30.3 Å². The zero-order valence-corrected chi connectivity index (χ0v) is 18.5. The molecule has 0 fully saturated rings. The number of unbranched alkanes of at least 4 members (excludes halogenated alkanes) is 1. The first-order valence-electron chi connectivity index (χ1n) is 10.0. The molecule has 1 aromatic rings. The number of ether oxygens (including phenoxy) is 1. The van der Waals surface area contributed by atoms with E-state index in [9.17, 15) is 29.5 Å². The zero-order valence-electron chi connectivity index (χ0n) is 17.7. The van der Waals surface area contributed by atoms with E-state index in [1.807, 2.05) is 30.3 Å². The number of benzene rings is 1. The van der Waals surface area contributed by atoms with E-state index in [0.717, 1.165) is 5.56 Å². The van der Waals surface area contributed by atoms with E-state index in [4.69, 9.17) is 27.2 Å². The van der Waals surface area contributed by atoms with Crippen molar-refractivity contribution < 1.29 is 44.4 Å². The SMILES string of the molecule is O=C(O)CC[C@H](NC(=S)N(O)[C@@H](CCCCNC(=O)OCc1ccccc1)C(=O)O)C(=O)O. The molecular weight excluding hydrogens is 458 g/mol. The van der Waals surface area contributed by atoms with Gasteiger partial charge in [-0.3, -0.25) is 10.0 Å². The van der Waals surface area contributed by atoms with Gasteiger partial charge in [0.05, 0.1) is 0 Å². The topological polar surface area (TPSA) is 186 Å². The molecule has 1 rings (SSSR count). The fourth-order valence-corrected chi connectivity index (χ4v) is 2.93. The minimum absolute atomic E-state index is 0.0543. The quantitative estimate of drug-likeness (QED) is 0.127. The van der Waals surface area contributed by atoms with Gasteiger partial charge < -0.3 is 30.7 Å². The van der Waals surface area contributed by atoms with E-state index in [0.29, 0.717) is 6.42 Å². The average molecular weight is 486 g/mol. The third-order valence-corrected chi connectivity index (χ3v) is 4.72. The van der Waals surface area contributed by atoms with Crippen LogP contribution in [0.5, 0.6) is 0 Å². The van der Waals surface area contributed by atoms with Gasteiger partial charge in [-0.2, -0.15) is 0 Å². The molecule has 0 aliphatic rings. The van der Waals surface area contributed by atoms with Crippen molar-refractivity contribution in [3.8, 4) is 0 Å². The lowest BCUT2D eigenvalue weighted by Crippen LogP contribution is -2.52. The molecule has 0 radical (unpaired) electrons. The zero-order chi connectivity index (χ0) is 24.8. The van der Waals surface area contributed by atoms with E-state index in [1.54, 1.807) is 0 Å². The Morgan fingerprint density at radius 2 is 1.67 bits per heavy atom. The fourth-order valence-electron chi connectivity index (χ4n) is 2.66. The van der Waals surface area contributed by atoms with Crippen LogP contribution in [0.25, 0.3) is 0 Å². The van der Waals surface area contributed by atoms with Crippen LogP contribution in [-0.2, 0) is 25.7 Å². The Balaban J connectivity index is 2.41. The standard InChI is InChI=1S/C20H27N3O9S/c24-16(25)10-9-14(17(26)27)22-19(33)23(31)15(18(28)29)8-4-5-11-21-20(30)32-12-13-6-2-1-3-7-13/h1-3,6-7,14-15,31H,4-5,8-12H2,(H,21,30)(H,22,33)(H,24,25)(H,26,27)(H,28,29)/t14-,15-/m0/s1. The van der Waals surface area contributed by atoms with Crippen molar-refractivity contribution >= 4 is 41.3 Å². The first-order chi connectivity index (χ1) is 15.6. The molecule has 0 spiro atoms. The van der Waals surface area contributed by atoms with Gasteiger partial charge in [-0.1, -0.05) is 30.3 Å². The van der Waals surface area contributed by atoms with Gasteiger partial charge in [0.15, 0.2) is 11.2 Å². The molecule has 12 nitrogen and oxygen atoms in total. The molecule has 33 heavy (non-hydrogen) atoms. The van der Waals surface area contributed by atoms with E-state index < -0.39 is 47.6 Å². The van der Waals surface area contributed by atoms with Crippen molar-refractivity contribution in [1.82, 2.24) is 15.7 Å². The van der Waals surface area contributed by atoms with E-state index in [1.165, 1.54) is 0 Å². The smallest absolute Gasteiger partial charge is 0.407 e. The highest BCUT2D eigenvalue weighted by molar-refractivity contribution is 7.80. The van der Waals surface area contributed by atoms with Gasteiger partial charge in [0.2, 0.25) is 0 Å². The molecule has 6 N–H and O–H groups in total. The summed E-state index contributed by atoms with van der Waals surface area (Å²) in [5.41, 5.74) is 0.831. The molecule has 0 bridgehead atoms. The maximum Gasteiger partial charge on any atom is 0.407 e. The van der Waals surface area contributed by atoms with Crippen LogP contribution < -0.4 is 10.6 Å². The van der Waals surface area contributed by atoms with Crippen LogP contribution >= 0.6 is 12.2 Å². The lowest BCUT2D eigenvalue weighted by atomic mass is 10.1. The molecule has 0 unspecified atom stereocenters. The number of hydroxylamine groups is 2. The number of carboxylic acid groups (broad SMARTS) is 3. The van der Waals surface area contributed by atoms with Crippen LogP contribution in [0.2, 0.25) is 0 Å². The van der Waals surface area contributed by atoms with Gasteiger partial charge in [0.25, 0.3) is 0 Å². The van der Waals surface area contributed by atoms with Crippen LogP contribution in [0.4, 0.5) is 4.79 Å². The highest BCUT2D eigenvalue weighted by Crippen LogP contribution is 2.09. The second kappa shape index (κ2) is 14.6. The number of nitrogens with zero attached hydrogens (tertiary/aromatic N) is 1. The summed E-state index contributed by atoms with van der Waals surface area (Å²) in [6.07, 6.45) is -0.778. The van der Waals surface area contributed by atoms with Gasteiger partial charge in [0.1, 0.15) is 12.6 Å². The first-order valence-corrected chi connectivity index (χ1v) is 10.4. The van der Waals surface area contributed by atoms with Crippen molar-refractivity contribution in [2.75, 3.05) is 6.54 Å². The number of carboxylic acids is 3. The van der Waals surface area contributed by atoms with Crippen LogP contribution in [0.3, 0.4) is 0 Å². The number of hydrogen-bond donors (Lipinski definition) is 6. The van der Waals surface area contributed by atoms with Crippen LogP contribution in [-0.4, -0.2) is 73.3 Å². The van der Waals surface area contributed by atoms with Gasteiger partial charge in [-0.05, 0) is 43.5 Å². The highest BCUT2D eigenvalue weighted by atomic mass is 32.1. The van der Waals surface area contributed by atoms with Crippen molar-refractivity contribution in [3.05, 3.63) is 35.9 Å². The number of thiocarbonyl (C=S) groups is 1. The Morgan fingerprint density at radius 3 is 2.24 bits per heavy atom. The van der Waals surface area contributed by atoms with Gasteiger partial charge in [0, 0.05) is 13.0 Å². The number of hydrogen-bond acceptors (Lipinski definition) is 7. The largest absolute Gasteiger partial charge is 0.481 e. The third-order valence-electron chi connectivity index (χ3n) is 4.42. The second-order valence-electron chi connectivity index (χ2n) is 6.96. The Kier molecular flexibility index (Phi) is 12.2. The summed E-state index contributed by atoms with van der Waals surface area (Å²) in [7, 11) is 0. The predicted molar refractivity (Wildman–Crippen MR) is 118 cm³/mol. The molecule has 2 atom stereocenters. The summed E-state index contributed by atoms with van der Waals surface area (Å²) in [5, 5.41) is 41.8. The van der Waals surface area contributed by atoms with Gasteiger partial charge >= 0.3 is 24.0 Å². The lowest BCUT2D eigenvalue weighted by Gasteiger charge is -2.27. The molecule has 0 aromatic heterocycles. The highest BCUT2D eigenvalue weighted by Gasteiger charge is 2.29. The normalized spacial score (nSPS) is 12.2. The minimum atomic E-state index is -1.47. The average Bonchev–Trinajstić information content (AvgIpc) is 2.77. The monoisotopic (exact) mass is 485 g/mol. The molecule has 0 heterocycles. The number of rotatable bonds is 14. The Bertz CT molecular complexity index is 822. The molecular formula is C20H27N3O9S. The lowest BCUT2D eigenvalue weighted by molar-refractivity contribution is -0.154. The second-order valence-corrected chi connectivity index (χ2v) is 7.34. The van der Waals surface area contributed by atoms with E-state index in [2.05, 4.69) is 10.6 Å². The molecule has 182 valence electrons. The summed E-state index contributed by atoms with van der Waals surface area (Å²) < 4.78 is 5.05. The number of alkyl carbamates (subject to hydrolysis) is 1. The summed E-state index contributed by atoms with van der Waals surface area (Å²) in [4.78, 5) is 45.0. The van der Waals surface area contributed by atoms with E-state index in [-0.39, 0.29) is 37.5 Å². The van der Waals surface area contributed by atoms with Crippen molar-refractivity contribution in [2.24, 2.45) is 0 Å². The van der Waals surface area contributed by atoms with E-state index >= 15 is 0 Å². The molecule has 0 aliphatic heterocycles. The number of carbonyl (C=O) groups excluding carboxylic acids is 1. The summed E-state index contributed by atoms with van der Waals surface area (Å²) in [6, 6.07) is 6.22. The van der Waals surface area contributed by atoms with Crippen molar-refractivity contribution in [2.45, 2.75) is 50.8 Å². The summed E-state index contributed by atoms with van der Waals surface area (Å²) in [6.45, 7) is 0.325. The third kappa shape index (κ3) is 11.1. The Labute approximate surface area is 195 Å². The number of carbonyl (C=O) groups is 4. The van der Waals surface area contributed by atoms with Gasteiger partial charge in [-0.25, -0.2) is 19.4 Å². The number of aliphatic carboxylic acids is 3. The molecule has 0 aliphatic carbocycles. The molecule has 0 saturated heterocycles. The maximum absolute atomic E-state index is 11.7. The summed E-state index contributed by atoms with van der Waals surface area (Å²) in [5.74, 6) is -4.01. The van der Waals surface area contributed by atoms with Crippen molar-refractivity contribution in [1.29, 1.82) is 0 Å². The van der Waals surface area contributed by atoms with Crippen LogP contribution in [0, 0.1) is 0 Å². The Hall–Kier alpha value is -3.45. The maximum atomic E-state index is 11.7. The molecule has 13 heteroatoms. The van der Waals surface area contributed by atoms with Crippen LogP contribution in [0.1, 0.15) is 37.7 Å². The minimum Gasteiger partial charge on any atom is -0.481 e.